The van der Waals surface area contributed by atoms with Crippen molar-refractivity contribution in [2.75, 3.05) is 19.7 Å². The van der Waals surface area contributed by atoms with Crippen LogP contribution in [0.25, 0.3) is 0 Å². The Morgan fingerprint density at radius 3 is 2.36 bits per heavy atom. The number of rotatable bonds is 1. The van der Waals surface area contributed by atoms with Crippen LogP contribution in [-0.4, -0.2) is 42.9 Å². The van der Waals surface area contributed by atoms with Crippen LogP contribution in [0.3, 0.4) is 0 Å². The maximum atomic E-state index is 12.2. The fraction of sp³-hybridized carbons (Fsp3) is 1.00. The lowest BCUT2D eigenvalue weighted by atomic mass is 10.2. The van der Waals surface area contributed by atoms with E-state index in [1.165, 1.54) is 0 Å². The molecule has 1 aliphatic rings. The zero-order valence-corrected chi connectivity index (χ0v) is 9.27. The van der Waals surface area contributed by atoms with Crippen molar-refractivity contribution in [2.24, 2.45) is 0 Å². The van der Waals surface area contributed by atoms with Gasteiger partial charge in [-0.25, -0.2) is 0 Å². The van der Waals surface area contributed by atoms with Gasteiger partial charge >= 0.3 is 6.18 Å². The van der Waals surface area contributed by atoms with Crippen molar-refractivity contribution in [3.8, 4) is 0 Å². The second kappa shape index (κ2) is 5.23. The maximum absolute atomic E-state index is 12.2. The van der Waals surface area contributed by atoms with E-state index in [0.717, 1.165) is 0 Å². The van der Waals surface area contributed by atoms with Gasteiger partial charge in [-0.05, 0) is 13.8 Å². The van der Waals surface area contributed by atoms with E-state index in [0.29, 0.717) is 6.54 Å². The molecule has 1 fully saturated rings. The van der Waals surface area contributed by atoms with E-state index in [2.05, 4.69) is 4.74 Å². The standard InChI is InChI=1S/C8H14F3NO.H2S/c1-6(2)12-3-4-13-7(5-12)8(9,10)11;/h6-7H,3-5H2,1-2H3;1H2. The Hall–Kier alpha value is 0.0600. The molecular weight excluding hydrogens is 215 g/mol. The van der Waals surface area contributed by atoms with Crippen molar-refractivity contribution in [2.45, 2.75) is 32.2 Å². The molecule has 1 rings (SSSR count). The molecule has 0 amide bonds. The molecule has 1 heterocycles. The molecule has 0 bridgehead atoms. The molecule has 1 unspecified atom stereocenters. The van der Waals surface area contributed by atoms with Crippen molar-refractivity contribution in [3.05, 3.63) is 0 Å². The first-order chi connectivity index (χ1) is 5.91. The van der Waals surface area contributed by atoms with Gasteiger partial charge < -0.3 is 4.74 Å². The van der Waals surface area contributed by atoms with E-state index >= 15 is 0 Å². The van der Waals surface area contributed by atoms with Gasteiger partial charge in [0.25, 0.3) is 0 Å². The first-order valence-electron chi connectivity index (χ1n) is 4.33. The zero-order chi connectivity index (χ0) is 10.1. The quantitative estimate of drug-likeness (QED) is 0.682. The van der Waals surface area contributed by atoms with Crippen molar-refractivity contribution < 1.29 is 17.9 Å². The van der Waals surface area contributed by atoms with Crippen LogP contribution in [0.2, 0.25) is 0 Å². The van der Waals surface area contributed by atoms with Crippen LogP contribution in [0.5, 0.6) is 0 Å². The van der Waals surface area contributed by atoms with Crippen molar-refractivity contribution in [3.63, 3.8) is 0 Å². The molecule has 0 aromatic rings. The van der Waals surface area contributed by atoms with Gasteiger partial charge in [-0.3, -0.25) is 4.90 Å². The molecule has 0 aromatic heterocycles. The minimum atomic E-state index is -4.23. The summed E-state index contributed by atoms with van der Waals surface area (Å²) < 4.78 is 41.3. The highest BCUT2D eigenvalue weighted by atomic mass is 32.1. The van der Waals surface area contributed by atoms with Crippen LogP contribution in [0.15, 0.2) is 0 Å². The van der Waals surface area contributed by atoms with E-state index in [4.69, 9.17) is 0 Å². The molecule has 0 aromatic carbocycles. The molecule has 2 nitrogen and oxygen atoms in total. The summed E-state index contributed by atoms with van der Waals surface area (Å²) in [5.41, 5.74) is 0. The Bertz CT molecular complexity index is 174. The second-order valence-electron chi connectivity index (χ2n) is 3.49. The predicted molar refractivity (Wildman–Crippen MR) is 52.9 cm³/mol. The number of hydrogen-bond donors (Lipinski definition) is 0. The number of ether oxygens (including phenoxy) is 1. The average molecular weight is 231 g/mol. The van der Waals surface area contributed by atoms with Crippen LogP contribution < -0.4 is 0 Å². The smallest absolute Gasteiger partial charge is 0.366 e. The Balaban J connectivity index is 0.00000169. The minimum absolute atomic E-state index is 0. The lowest BCUT2D eigenvalue weighted by Gasteiger charge is -2.36. The van der Waals surface area contributed by atoms with E-state index < -0.39 is 12.3 Å². The fourth-order valence-electron chi connectivity index (χ4n) is 1.34. The molecular formula is C8H16F3NOS. The molecule has 0 N–H and O–H groups in total. The summed E-state index contributed by atoms with van der Waals surface area (Å²) >= 11 is 0. The first kappa shape index (κ1) is 14.1. The summed E-state index contributed by atoms with van der Waals surface area (Å²) in [4.78, 5) is 1.78. The van der Waals surface area contributed by atoms with Crippen LogP contribution in [0.1, 0.15) is 13.8 Å². The van der Waals surface area contributed by atoms with Gasteiger partial charge in [0, 0.05) is 19.1 Å². The summed E-state index contributed by atoms with van der Waals surface area (Å²) in [7, 11) is 0. The minimum Gasteiger partial charge on any atom is -0.366 e. The molecule has 14 heavy (non-hydrogen) atoms. The van der Waals surface area contributed by atoms with Gasteiger partial charge in [-0.2, -0.15) is 26.7 Å². The molecule has 0 saturated carbocycles. The molecule has 6 heteroatoms. The van der Waals surface area contributed by atoms with Crippen LogP contribution in [0, 0.1) is 0 Å². The molecule has 1 aliphatic heterocycles. The van der Waals surface area contributed by atoms with Gasteiger partial charge in [0.2, 0.25) is 0 Å². The van der Waals surface area contributed by atoms with E-state index in [1.54, 1.807) is 4.90 Å². The van der Waals surface area contributed by atoms with Crippen LogP contribution >= 0.6 is 13.5 Å². The average Bonchev–Trinajstić information content (AvgIpc) is 2.03. The zero-order valence-electron chi connectivity index (χ0n) is 8.27. The van der Waals surface area contributed by atoms with Gasteiger partial charge in [-0.15, -0.1) is 0 Å². The number of alkyl halides is 3. The monoisotopic (exact) mass is 231 g/mol. The van der Waals surface area contributed by atoms with Crippen molar-refractivity contribution in [1.29, 1.82) is 0 Å². The molecule has 86 valence electrons. The number of nitrogens with zero attached hydrogens (tertiary/aromatic N) is 1. The lowest BCUT2D eigenvalue weighted by molar-refractivity contribution is -0.238. The molecule has 0 spiro atoms. The lowest BCUT2D eigenvalue weighted by Crippen LogP contribution is -2.51. The van der Waals surface area contributed by atoms with Gasteiger partial charge in [0.15, 0.2) is 6.10 Å². The van der Waals surface area contributed by atoms with Gasteiger partial charge in [0.05, 0.1) is 6.61 Å². The second-order valence-corrected chi connectivity index (χ2v) is 3.49. The third kappa shape index (κ3) is 3.67. The summed E-state index contributed by atoms with van der Waals surface area (Å²) in [5, 5.41) is 0. The van der Waals surface area contributed by atoms with Crippen LogP contribution in [-0.2, 0) is 4.74 Å². The van der Waals surface area contributed by atoms with Crippen LogP contribution in [0.4, 0.5) is 13.2 Å². The van der Waals surface area contributed by atoms with Crippen molar-refractivity contribution >= 4 is 13.5 Å². The Kier molecular flexibility index (Phi) is 5.25. The van der Waals surface area contributed by atoms with Gasteiger partial charge in [-0.1, -0.05) is 0 Å². The Morgan fingerprint density at radius 1 is 1.36 bits per heavy atom. The summed E-state index contributed by atoms with van der Waals surface area (Å²) in [6.07, 6.45) is -5.84. The highest BCUT2D eigenvalue weighted by Gasteiger charge is 2.43. The van der Waals surface area contributed by atoms with Crippen molar-refractivity contribution in [1.82, 2.24) is 4.90 Å². The third-order valence-electron chi connectivity index (χ3n) is 2.19. The third-order valence-corrected chi connectivity index (χ3v) is 2.19. The first-order valence-corrected chi connectivity index (χ1v) is 4.33. The van der Waals surface area contributed by atoms with E-state index in [9.17, 15) is 13.2 Å². The number of halogens is 3. The fourth-order valence-corrected chi connectivity index (χ4v) is 1.34. The normalized spacial score (nSPS) is 24.9. The molecule has 1 atom stereocenters. The molecule has 0 radical (unpaired) electrons. The number of hydrogen-bond acceptors (Lipinski definition) is 2. The maximum Gasteiger partial charge on any atom is 0.415 e. The van der Waals surface area contributed by atoms with E-state index in [1.807, 2.05) is 13.8 Å². The summed E-state index contributed by atoms with van der Waals surface area (Å²) in [6, 6.07) is 0.147. The van der Waals surface area contributed by atoms with Gasteiger partial charge in [0.1, 0.15) is 0 Å². The Morgan fingerprint density at radius 2 is 1.93 bits per heavy atom. The topological polar surface area (TPSA) is 12.5 Å². The Labute approximate surface area is 88.9 Å². The van der Waals surface area contributed by atoms with E-state index in [-0.39, 0.29) is 32.7 Å². The highest BCUT2D eigenvalue weighted by Crippen LogP contribution is 2.26. The summed E-state index contributed by atoms with van der Waals surface area (Å²) in [6.45, 7) is 4.49. The highest BCUT2D eigenvalue weighted by molar-refractivity contribution is 7.59. The number of morpholine rings is 1. The molecule has 0 aliphatic carbocycles. The predicted octanol–water partition coefficient (Wildman–Crippen LogP) is 1.77. The molecule has 1 saturated heterocycles. The summed E-state index contributed by atoms with van der Waals surface area (Å²) in [5.74, 6) is 0. The largest absolute Gasteiger partial charge is 0.415 e. The SMILES string of the molecule is CC(C)N1CCOC(C(F)(F)F)C1.S.